The normalized spacial score (nSPS) is 10.7. The van der Waals surface area contributed by atoms with Gasteiger partial charge in [-0.1, -0.05) is 13.0 Å². The smallest absolute Gasteiger partial charge is 0.238 e. The van der Waals surface area contributed by atoms with Crippen LogP contribution in [0.5, 0.6) is 11.5 Å². The molecule has 0 atom stereocenters. The van der Waals surface area contributed by atoms with E-state index < -0.39 is 17.5 Å². The molecule has 0 saturated carbocycles. The Labute approximate surface area is 151 Å². The topological polar surface area (TPSA) is 50.8 Å². The summed E-state index contributed by atoms with van der Waals surface area (Å²) in [5.41, 5.74) is 0.770. The number of halogens is 2. The van der Waals surface area contributed by atoms with Crippen LogP contribution in [0.4, 0.5) is 14.5 Å². The second kappa shape index (κ2) is 9.15. The fraction of sp³-hybridized carbons (Fsp3) is 0.316. The number of amides is 1. The van der Waals surface area contributed by atoms with Gasteiger partial charge in [0.25, 0.3) is 0 Å². The molecule has 0 aliphatic heterocycles. The summed E-state index contributed by atoms with van der Waals surface area (Å²) in [6, 6.07) is 8.45. The Bertz CT molecular complexity index is 768. The number of carbonyl (C=O) groups is 1. The van der Waals surface area contributed by atoms with E-state index in [1.807, 2.05) is 24.0 Å². The van der Waals surface area contributed by atoms with E-state index in [0.29, 0.717) is 24.6 Å². The van der Waals surface area contributed by atoms with Gasteiger partial charge in [0.1, 0.15) is 11.6 Å². The van der Waals surface area contributed by atoms with Gasteiger partial charge < -0.3 is 14.8 Å². The summed E-state index contributed by atoms with van der Waals surface area (Å²) in [4.78, 5) is 14.0. The minimum absolute atomic E-state index is 0.0425. The lowest BCUT2D eigenvalue weighted by atomic mass is 10.2. The van der Waals surface area contributed by atoms with Gasteiger partial charge in [-0.2, -0.15) is 0 Å². The molecular weight excluding hydrogens is 342 g/mol. The van der Waals surface area contributed by atoms with Crippen molar-refractivity contribution in [3.05, 3.63) is 53.6 Å². The van der Waals surface area contributed by atoms with E-state index in [-0.39, 0.29) is 12.2 Å². The molecule has 5 nitrogen and oxygen atoms in total. The van der Waals surface area contributed by atoms with Crippen LogP contribution in [0.25, 0.3) is 0 Å². The summed E-state index contributed by atoms with van der Waals surface area (Å²) in [6.45, 7) is 3.06. The Kier molecular flexibility index (Phi) is 6.91. The largest absolute Gasteiger partial charge is 0.493 e. The van der Waals surface area contributed by atoms with Crippen molar-refractivity contribution in [2.75, 3.05) is 32.6 Å². The molecule has 0 spiro atoms. The van der Waals surface area contributed by atoms with Gasteiger partial charge in [0.15, 0.2) is 11.5 Å². The highest BCUT2D eigenvalue weighted by atomic mass is 19.1. The van der Waals surface area contributed by atoms with Crippen LogP contribution in [0.15, 0.2) is 36.4 Å². The molecule has 0 saturated heterocycles. The number of anilines is 1. The number of hydrogen-bond acceptors (Lipinski definition) is 4. The number of rotatable bonds is 8. The van der Waals surface area contributed by atoms with Crippen LogP contribution in [-0.4, -0.2) is 38.1 Å². The van der Waals surface area contributed by atoms with Crippen molar-refractivity contribution < 1.29 is 23.0 Å². The molecule has 0 bridgehead atoms. The fourth-order valence-corrected chi connectivity index (χ4v) is 2.50. The molecule has 0 radical (unpaired) electrons. The monoisotopic (exact) mass is 364 g/mol. The van der Waals surface area contributed by atoms with Crippen molar-refractivity contribution >= 4 is 11.6 Å². The Morgan fingerprint density at radius 1 is 1.08 bits per heavy atom. The van der Waals surface area contributed by atoms with Gasteiger partial charge in [0.05, 0.1) is 26.5 Å². The zero-order chi connectivity index (χ0) is 19.1. The molecule has 2 rings (SSSR count). The second-order valence-corrected chi connectivity index (χ2v) is 5.66. The molecule has 7 heteroatoms. The Hall–Kier alpha value is -2.67. The summed E-state index contributed by atoms with van der Waals surface area (Å²) in [7, 11) is 3.12. The van der Waals surface area contributed by atoms with Crippen molar-refractivity contribution in [3.8, 4) is 11.5 Å². The molecule has 2 aromatic rings. The van der Waals surface area contributed by atoms with Crippen molar-refractivity contribution in [1.82, 2.24) is 4.90 Å². The van der Waals surface area contributed by atoms with Crippen LogP contribution >= 0.6 is 0 Å². The van der Waals surface area contributed by atoms with E-state index in [9.17, 15) is 13.6 Å². The Morgan fingerprint density at radius 2 is 1.81 bits per heavy atom. The first kappa shape index (κ1) is 19.7. The van der Waals surface area contributed by atoms with Gasteiger partial charge in [0.2, 0.25) is 5.91 Å². The summed E-state index contributed by atoms with van der Waals surface area (Å²) in [5, 5.41) is 2.40. The molecule has 0 unspecified atom stereocenters. The third-order valence-electron chi connectivity index (χ3n) is 3.87. The maximum atomic E-state index is 13.6. The lowest BCUT2D eigenvalue weighted by Gasteiger charge is -2.20. The highest BCUT2D eigenvalue weighted by Gasteiger charge is 2.14. The van der Waals surface area contributed by atoms with Gasteiger partial charge >= 0.3 is 0 Å². The van der Waals surface area contributed by atoms with Crippen LogP contribution in [-0.2, 0) is 11.3 Å². The number of ether oxygens (including phenoxy) is 2. The SMILES string of the molecule is CCN(CC(=O)Nc1cc(F)ccc1F)Cc1ccc(OC)c(OC)c1. The van der Waals surface area contributed by atoms with Crippen LogP contribution in [0, 0.1) is 11.6 Å². The first-order valence-electron chi connectivity index (χ1n) is 8.15. The van der Waals surface area contributed by atoms with Gasteiger partial charge in [-0.25, -0.2) is 8.78 Å². The number of hydrogen-bond donors (Lipinski definition) is 1. The molecule has 140 valence electrons. The molecule has 0 aliphatic rings. The highest BCUT2D eigenvalue weighted by Crippen LogP contribution is 2.28. The molecule has 26 heavy (non-hydrogen) atoms. The van der Waals surface area contributed by atoms with Gasteiger partial charge in [-0.05, 0) is 36.4 Å². The number of likely N-dealkylation sites (N-methyl/N-ethyl adjacent to an activating group) is 1. The number of carbonyl (C=O) groups excluding carboxylic acids is 1. The maximum absolute atomic E-state index is 13.6. The minimum atomic E-state index is -0.678. The maximum Gasteiger partial charge on any atom is 0.238 e. The fourth-order valence-electron chi connectivity index (χ4n) is 2.50. The molecule has 1 N–H and O–H groups in total. The minimum Gasteiger partial charge on any atom is -0.493 e. The molecule has 0 aromatic heterocycles. The number of methoxy groups -OCH3 is 2. The van der Waals surface area contributed by atoms with E-state index >= 15 is 0 Å². The predicted molar refractivity (Wildman–Crippen MR) is 95.5 cm³/mol. The zero-order valence-corrected chi connectivity index (χ0v) is 15.0. The van der Waals surface area contributed by atoms with E-state index in [0.717, 1.165) is 23.8 Å². The zero-order valence-electron chi connectivity index (χ0n) is 15.0. The summed E-state index contributed by atoms with van der Waals surface area (Å²) < 4.78 is 37.3. The van der Waals surface area contributed by atoms with Crippen LogP contribution in [0.2, 0.25) is 0 Å². The van der Waals surface area contributed by atoms with Crippen LogP contribution in [0.1, 0.15) is 12.5 Å². The van der Waals surface area contributed by atoms with E-state index in [1.165, 1.54) is 0 Å². The van der Waals surface area contributed by atoms with Gasteiger partial charge in [-0.3, -0.25) is 9.69 Å². The van der Waals surface area contributed by atoms with E-state index in [1.54, 1.807) is 20.3 Å². The molecule has 0 heterocycles. The van der Waals surface area contributed by atoms with E-state index in [4.69, 9.17) is 9.47 Å². The number of nitrogens with one attached hydrogen (secondary N) is 1. The van der Waals surface area contributed by atoms with Gasteiger partial charge in [-0.15, -0.1) is 0 Å². The van der Waals surface area contributed by atoms with Gasteiger partial charge in [0, 0.05) is 12.6 Å². The predicted octanol–water partition coefficient (Wildman–Crippen LogP) is 3.44. The third-order valence-corrected chi connectivity index (χ3v) is 3.87. The molecular formula is C19H22F2N2O3. The summed E-state index contributed by atoms with van der Waals surface area (Å²) >= 11 is 0. The van der Waals surface area contributed by atoms with Crippen molar-refractivity contribution in [3.63, 3.8) is 0 Å². The molecule has 2 aromatic carbocycles. The average molecular weight is 364 g/mol. The Morgan fingerprint density at radius 3 is 2.46 bits per heavy atom. The van der Waals surface area contributed by atoms with Crippen molar-refractivity contribution in [2.24, 2.45) is 0 Å². The van der Waals surface area contributed by atoms with Crippen LogP contribution in [0.3, 0.4) is 0 Å². The van der Waals surface area contributed by atoms with Crippen molar-refractivity contribution in [1.29, 1.82) is 0 Å². The number of nitrogens with zero attached hydrogens (tertiary/aromatic N) is 1. The second-order valence-electron chi connectivity index (χ2n) is 5.66. The quantitative estimate of drug-likeness (QED) is 0.780. The molecule has 0 aliphatic carbocycles. The van der Waals surface area contributed by atoms with Crippen molar-refractivity contribution in [2.45, 2.75) is 13.5 Å². The first-order valence-corrected chi connectivity index (χ1v) is 8.15. The third kappa shape index (κ3) is 5.16. The Balaban J connectivity index is 2.02. The van der Waals surface area contributed by atoms with Crippen LogP contribution < -0.4 is 14.8 Å². The molecule has 1 amide bonds. The highest BCUT2D eigenvalue weighted by molar-refractivity contribution is 5.92. The number of benzene rings is 2. The average Bonchev–Trinajstić information content (AvgIpc) is 2.63. The summed E-state index contributed by atoms with van der Waals surface area (Å²) in [5.74, 6) is -0.482. The summed E-state index contributed by atoms with van der Waals surface area (Å²) in [6.07, 6.45) is 0. The van der Waals surface area contributed by atoms with E-state index in [2.05, 4.69) is 5.32 Å². The standard InChI is InChI=1S/C19H22F2N2O3/c1-4-23(11-13-5-8-17(25-2)18(9-13)26-3)12-19(24)22-16-10-14(20)6-7-15(16)21/h5-10H,4,11-12H2,1-3H3,(H,22,24). The lowest BCUT2D eigenvalue weighted by Crippen LogP contribution is -2.33. The molecule has 0 fully saturated rings. The first-order chi connectivity index (χ1) is 12.5. The lowest BCUT2D eigenvalue weighted by molar-refractivity contribution is -0.117.